The van der Waals surface area contributed by atoms with Gasteiger partial charge in [-0.05, 0) is 46.1 Å². The van der Waals surface area contributed by atoms with Crippen LogP contribution in [-0.2, 0) is 14.3 Å². The molecule has 0 radical (unpaired) electrons. The minimum atomic E-state index is -0.533. The number of aryl methyl sites for hydroxylation is 1. The molecule has 0 saturated heterocycles. The van der Waals surface area contributed by atoms with Crippen molar-refractivity contribution in [3.05, 3.63) is 22.5 Å². The largest absolute Gasteiger partial charge is 0.465 e. The minimum Gasteiger partial charge on any atom is -0.465 e. The molecule has 2 N–H and O–H groups in total. The second-order valence-corrected chi connectivity index (χ2v) is 6.59. The molecule has 0 atom stereocenters. The zero-order valence-electron chi connectivity index (χ0n) is 16.7. The number of urea groups is 1. The van der Waals surface area contributed by atoms with Gasteiger partial charge in [-0.1, -0.05) is 0 Å². The minimum absolute atomic E-state index is 0.0322. The summed E-state index contributed by atoms with van der Waals surface area (Å²) in [6.07, 6.45) is 1.61. The number of hydrogen-bond donors (Lipinski definition) is 2. The van der Waals surface area contributed by atoms with Crippen molar-refractivity contribution in [1.29, 1.82) is 0 Å². The normalized spacial score (nSPS) is 13.0. The molecule has 2 amide bonds. The molecular formula is C19H27N3O6. The van der Waals surface area contributed by atoms with Crippen molar-refractivity contribution in [3.8, 4) is 0 Å². The van der Waals surface area contributed by atoms with E-state index in [0.717, 1.165) is 12.8 Å². The molecule has 28 heavy (non-hydrogen) atoms. The lowest BCUT2D eigenvalue weighted by atomic mass is 10.1. The Balaban J connectivity index is 2.09. The van der Waals surface area contributed by atoms with Crippen LogP contribution in [0.5, 0.6) is 0 Å². The molecule has 1 aliphatic carbocycles. The number of carbonyl (C=O) groups is 4. The molecule has 9 nitrogen and oxygen atoms in total. The van der Waals surface area contributed by atoms with Crippen LogP contribution in [-0.4, -0.2) is 66.0 Å². The van der Waals surface area contributed by atoms with Crippen molar-refractivity contribution < 1.29 is 28.7 Å². The van der Waals surface area contributed by atoms with E-state index in [-0.39, 0.29) is 43.8 Å². The third kappa shape index (κ3) is 5.11. The highest BCUT2D eigenvalue weighted by molar-refractivity contribution is 6.04. The van der Waals surface area contributed by atoms with Gasteiger partial charge >= 0.3 is 18.0 Å². The molecule has 1 aromatic heterocycles. The maximum Gasteiger partial charge on any atom is 0.355 e. The van der Waals surface area contributed by atoms with Gasteiger partial charge in [-0.15, -0.1) is 0 Å². The third-order valence-corrected chi connectivity index (χ3v) is 4.45. The molecule has 0 aliphatic heterocycles. The summed E-state index contributed by atoms with van der Waals surface area (Å²) in [5, 5.41) is 2.49. The average molecular weight is 393 g/mol. The lowest BCUT2D eigenvalue weighted by Crippen LogP contribution is -2.45. The van der Waals surface area contributed by atoms with Gasteiger partial charge in [-0.3, -0.25) is 9.59 Å². The number of Topliss-reactive ketones (excluding diaryl/α,β-unsaturated/α-hetero) is 1. The van der Waals surface area contributed by atoms with Gasteiger partial charge in [0.15, 0.2) is 5.78 Å². The van der Waals surface area contributed by atoms with Crippen LogP contribution in [0.2, 0.25) is 0 Å². The van der Waals surface area contributed by atoms with Crippen LogP contribution < -0.4 is 5.32 Å². The van der Waals surface area contributed by atoms with E-state index in [4.69, 9.17) is 9.47 Å². The molecule has 154 valence electrons. The van der Waals surface area contributed by atoms with E-state index in [1.165, 1.54) is 4.90 Å². The van der Waals surface area contributed by atoms with Gasteiger partial charge in [0.2, 0.25) is 0 Å². The maximum atomic E-state index is 12.9. The molecule has 1 fully saturated rings. The smallest absolute Gasteiger partial charge is 0.355 e. The summed E-state index contributed by atoms with van der Waals surface area (Å²) in [7, 11) is 0. The summed E-state index contributed by atoms with van der Waals surface area (Å²) < 4.78 is 9.79. The Morgan fingerprint density at radius 1 is 1.11 bits per heavy atom. The number of ether oxygens (including phenoxy) is 2. The third-order valence-electron chi connectivity index (χ3n) is 4.45. The van der Waals surface area contributed by atoms with Crippen LogP contribution in [0.4, 0.5) is 4.79 Å². The van der Waals surface area contributed by atoms with E-state index in [0.29, 0.717) is 16.8 Å². The summed E-state index contributed by atoms with van der Waals surface area (Å²) in [5.74, 6) is -1.33. The molecule has 9 heteroatoms. The van der Waals surface area contributed by atoms with Gasteiger partial charge in [-0.25, -0.2) is 9.59 Å². The van der Waals surface area contributed by atoms with Gasteiger partial charge in [0.1, 0.15) is 12.2 Å². The molecule has 0 bridgehead atoms. The number of H-pyrrole nitrogens is 1. The first-order valence-electron chi connectivity index (χ1n) is 9.39. The zero-order valence-corrected chi connectivity index (χ0v) is 16.7. The molecule has 1 heterocycles. The maximum absolute atomic E-state index is 12.9. The first kappa shape index (κ1) is 21.5. The molecule has 1 aliphatic rings. The van der Waals surface area contributed by atoms with Crippen molar-refractivity contribution in [3.63, 3.8) is 0 Å². The number of esters is 2. The Morgan fingerprint density at radius 2 is 1.75 bits per heavy atom. The number of ketones is 1. The summed E-state index contributed by atoms with van der Waals surface area (Å²) in [6, 6.07) is -0.518. The number of rotatable bonds is 9. The van der Waals surface area contributed by atoms with Gasteiger partial charge in [0, 0.05) is 17.3 Å². The quantitative estimate of drug-likeness (QED) is 0.487. The summed E-state index contributed by atoms with van der Waals surface area (Å²) >= 11 is 0. The SMILES string of the molecule is CCOC(=O)CNC(=O)N(CC(=O)c1c(C)[nH]c(C(=O)OCC)c1C)C1CC1. The Labute approximate surface area is 163 Å². The van der Waals surface area contributed by atoms with Crippen LogP contribution in [0.1, 0.15) is 58.8 Å². The number of nitrogens with zero attached hydrogens (tertiary/aromatic N) is 1. The van der Waals surface area contributed by atoms with Crippen molar-refractivity contribution in [2.75, 3.05) is 26.3 Å². The first-order valence-corrected chi connectivity index (χ1v) is 9.39. The van der Waals surface area contributed by atoms with Gasteiger partial charge in [0.05, 0.1) is 19.8 Å². The van der Waals surface area contributed by atoms with E-state index in [9.17, 15) is 19.2 Å². The zero-order chi connectivity index (χ0) is 20.8. The molecule has 0 unspecified atom stereocenters. The van der Waals surface area contributed by atoms with Gasteiger partial charge < -0.3 is 24.7 Å². The van der Waals surface area contributed by atoms with E-state index >= 15 is 0 Å². The fourth-order valence-electron chi connectivity index (χ4n) is 3.02. The molecule has 0 aromatic carbocycles. The molecular weight excluding hydrogens is 366 g/mol. The number of amides is 2. The summed E-state index contributed by atoms with van der Waals surface area (Å²) in [5.41, 5.74) is 1.68. The number of aromatic amines is 1. The highest BCUT2D eigenvalue weighted by Crippen LogP contribution is 2.28. The molecule has 0 spiro atoms. The van der Waals surface area contributed by atoms with Crippen molar-refractivity contribution in [2.45, 2.75) is 46.6 Å². The molecule has 1 saturated carbocycles. The standard InChI is InChI=1S/C19H27N3O6/c1-5-27-15(24)9-20-19(26)22(13-7-8-13)10-14(23)16-11(3)17(21-12(16)4)18(25)28-6-2/h13,21H,5-10H2,1-4H3,(H,20,26). The Kier molecular flexibility index (Phi) is 7.19. The Morgan fingerprint density at radius 3 is 2.32 bits per heavy atom. The lowest BCUT2D eigenvalue weighted by molar-refractivity contribution is -0.141. The van der Waals surface area contributed by atoms with Gasteiger partial charge in [0.25, 0.3) is 0 Å². The first-order chi connectivity index (χ1) is 13.3. The average Bonchev–Trinajstić information content (AvgIpc) is 3.43. The van der Waals surface area contributed by atoms with E-state index in [1.54, 1.807) is 27.7 Å². The Hall–Kier alpha value is -2.84. The molecule has 1 aromatic rings. The number of nitrogens with one attached hydrogen (secondary N) is 2. The van der Waals surface area contributed by atoms with Crippen molar-refractivity contribution in [1.82, 2.24) is 15.2 Å². The van der Waals surface area contributed by atoms with Gasteiger partial charge in [-0.2, -0.15) is 0 Å². The van der Waals surface area contributed by atoms with Crippen LogP contribution in [0.25, 0.3) is 0 Å². The van der Waals surface area contributed by atoms with Crippen molar-refractivity contribution >= 4 is 23.8 Å². The number of aromatic nitrogens is 1. The predicted molar refractivity (Wildman–Crippen MR) is 100 cm³/mol. The van der Waals surface area contributed by atoms with Crippen LogP contribution in [0, 0.1) is 13.8 Å². The summed E-state index contributed by atoms with van der Waals surface area (Å²) in [4.78, 5) is 53.1. The van der Waals surface area contributed by atoms with E-state index in [2.05, 4.69) is 10.3 Å². The number of carbonyl (C=O) groups excluding carboxylic acids is 4. The Bertz CT molecular complexity index is 766. The highest BCUT2D eigenvalue weighted by atomic mass is 16.5. The summed E-state index contributed by atoms with van der Waals surface area (Å²) in [6.45, 7) is 6.83. The second-order valence-electron chi connectivity index (χ2n) is 6.59. The van der Waals surface area contributed by atoms with Crippen LogP contribution in [0.3, 0.4) is 0 Å². The monoisotopic (exact) mass is 393 g/mol. The molecule has 2 rings (SSSR count). The van der Waals surface area contributed by atoms with Crippen LogP contribution >= 0.6 is 0 Å². The highest BCUT2D eigenvalue weighted by Gasteiger charge is 2.35. The lowest BCUT2D eigenvalue weighted by Gasteiger charge is -2.22. The number of hydrogen-bond acceptors (Lipinski definition) is 6. The van der Waals surface area contributed by atoms with E-state index < -0.39 is 18.0 Å². The van der Waals surface area contributed by atoms with Crippen LogP contribution in [0.15, 0.2) is 0 Å². The topological polar surface area (TPSA) is 118 Å². The predicted octanol–water partition coefficient (Wildman–Crippen LogP) is 1.73. The van der Waals surface area contributed by atoms with E-state index in [1.807, 2.05) is 0 Å². The fraction of sp³-hybridized carbons (Fsp3) is 0.579. The second kappa shape index (κ2) is 9.38. The fourth-order valence-corrected chi connectivity index (χ4v) is 3.02. The van der Waals surface area contributed by atoms with Crippen molar-refractivity contribution in [2.24, 2.45) is 0 Å².